The van der Waals surface area contributed by atoms with E-state index in [4.69, 9.17) is 4.74 Å². The minimum atomic E-state index is -5.32. The smallest absolute Gasteiger partial charge is 0.744 e. The van der Waals surface area contributed by atoms with E-state index in [1.165, 1.54) is 12.5 Å². The van der Waals surface area contributed by atoms with Crippen LogP contribution in [-0.2, 0) is 35.1 Å². The first-order valence-corrected chi connectivity index (χ1v) is 17.2. The number of hydrogen-bond donors (Lipinski definition) is 0. The number of carbonyl (C=O) groups is 1. The van der Waals surface area contributed by atoms with Crippen LogP contribution in [0.3, 0.4) is 0 Å². The molecule has 0 heterocycles. The molecule has 4 aromatic carbocycles. The zero-order chi connectivity index (χ0) is 30.2. The summed E-state index contributed by atoms with van der Waals surface area (Å²) in [6, 6.07) is 5.93. The molecule has 0 atom stereocenters. The molecule has 0 radical (unpaired) electrons. The third kappa shape index (κ3) is 9.60. The van der Waals surface area contributed by atoms with Gasteiger partial charge in [0.1, 0.15) is 36.1 Å². The second kappa shape index (κ2) is 17.0. The number of hydrogen-bond acceptors (Lipinski definition) is 11. The van der Waals surface area contributed by atoms with Gasteiger partial charge in [0.2, 0.25) is 0 Å². The Labute approximate surface area is 323 Å². The van der Waals surface area contributed by atoms with Crippen LogP contribution in [0.15, 0.2) is 51.1 Å². The van der Waals surface area contributed by atoms with Crippen LogP contribution in [0.1, 0.15) is 64.7 Å². The molecule has 4 rings (SSSR count). The Hall–Kier alpha value is 0.120. The van der Waals surface area contributed by atoms with E-state index in [2.05, 4.69) is 6.92 Å². The molecule has 0 aliphatic carbocycles. The maximum absolute atomic E-state index is 12.7. The third-order valence-corrected chi connectivity index (χ3v) is 9.64. The molecule has 222 valence electrons. The summed E-state index contributed by atoms with van der Waals surface area (Å²) >= 11 is 0. The van der Waals surface area contributed by atoms with Crippen molar-refractivity contribution in [2.45, 2.75) is 79.4 Å². The topological polar surface area (TPSA) is 198 Å². The van der Waals surface area contributed by atoms with E-state index in [1.807, 2.05) is 0 Å². The predicted molar refractivity (Wildman–Crippen MR) is 147 cm³/mol. The fourth-order valence-electron chi connectivity index (χ4n) is 5.15. The van der Waals surface area contributed by atoms with Gasteiger partial charge >= 0.3 is 94.6 Å². The van der Waals surface area contributed by atoms with E-state index in [9.17, 15) is 43.7 Å². The molecular formula is C27H27Na3O11S3. The Bertz CT molecular complexity index is 1910. The van der Waals surface area contributed by atoms with Gasteiger partial charge in [-0.3, -0.25) is 4.79 Å². The van der Waals surface area contributed by atoms with Crippen molar-refractivity contribution < 1.29 is 137 Å². The Morgan fingerprint density at radius 3 is 1.39 bits per heavy atom. The van der Waals surface area contributed by atoms with Crippen molar-refractivity contribution in [3.05, 3.63) is 36.4 Å². The van der Waals surface area contributed by atoms with Crippen molar-refractivity contribution in [3.8, 4) is 5.75 Å². The molecule has 0 aromatic heterocycles. The monoisotopic (exact) mass is 692 g/mol. The van der Waals surface area contributed by atoms with E-state index in [-0.39, 0.29) is 133 Å². The molecule has 17 heteroatoms. The molecule has 0 N–H and O–H groups in total. The van der Waals surface area contributed by atoms with Gasteiger partial charge in [0.15, 0.2) is 0 Å². The van der Waals surface area contributed by atoms with E-state index >= 15 is 0 Å². The van der Waals surface area contributed by atoms with Crippen LogP contribution in [-0.4, -0.2) is 44.9 Å². The van der Waals surface area contributed by atoms with Gasteiger partial charge in [-0.2, -0.15) is 0 Å². The molecule has 0 saturated carbocycles. The summed E-state index contributed by atoms with van der Waals surface area (Å²) in [6.45, 7) is 2.13. The molecule has 4 aromatic rings. The average molecular weight is 693 g/mol. The molecule has 0 amide bonds. The first kappa shape index (κ1) is 42.1. The van der Waals surface area contributed by atoms with Crippen molar-refractivity contribution in [2.75, 3.05) is 0 Å². The van der Waals surface area contributed by atoms with Gasteiger partial charge in [-0.15, -0.1) is 0 Å². The fourth-order valence-corrected chi connectivity index (χ4v) is 7.32. The van der Waals surface area contributed by atoms with Gasteiger partial charge in [0, 0.05) is 38.7 Å². The predicted octanol–water partition coefficient (Wildman–Crippen LogP) is -4.26. The number of carbonyl (C=O) groups excluding carboxylic acids is 1. The van der Waals surface area contributed by atoms with Crippen LogP contribution in [0.2, 0.25) is 0 Å². The summed E-state index contributed by atoms with van der Waals surface area (Å²) in [6.07, 6.45) is 7.85. The summed E-state index contributed by atoms with van der Waals surface area (Å²) in [5.41, 5.74) is 0. The second-order valence-electron chi connectivity index (χ2n) is 9.88. The molecule has 0 saturated heterocycles. The maximum Gasteiger partial charge on any atom is 1.00 e. The van der Waals surface area contributed by atoms with E-state index in [0.29, 0.717) is 12.5 Å². The second-order valence-corrected chi connectivity index (χ2v) is 13.9. The first-order chi connectivity index (χ1) is 19.1. The number of rotatable bonds is 13. The summed E-state index contributed by atoms with van der Waals surface area (Å²) in [7, 11) is -15.8. The van der Waals surface area contributed by atoms with Crippen molar-refractivity contribution >= 4 is 68.6 Å². The Balaban J connectivity index is 0.00000323. The van der Waals surface area contributed by atoms with Gasteiger partial charge in [-0.25, -0.2) is 25.3 Å². The zero-order valence-electron chi connectivity index (χ0n) is 25.0. The standard InChI is InChI=1S/C27H30O11S3.3Na/c1-2-3-4-5-6-7-8-9-10-25(28)38-21-15-22(39(29,30)31)18-13-14-20-24(41(35,36)37)16-23(40(32,33)34)19-12-11-17(21)26(18)27(19)20;;;/h11-16H,2-10H2,1H3,(H,29,30,31)(H,32,33,34)(H,35,36,37);;;/q;3*+1/p-3. The van der Waals surface area contributed by atoms with Crippen molar-refractivity contribution in [3.63, 3.8) is 0 Å². The molecule has 0 aliphatic heterocycles. The fraction of sp³-hybridized carbons (Fsp3) is 0.370. The molecule has 44 heavy (non-hydrogen) atoms. The summed E-state index contributed by atoms with van der Waals surface area (Å²) in [5, 5.41) is -1.18. The van der Waals surface area contributed by atoms with Crippen molar-refractivity contribution in [1.82, 2.24) is 0 Å². The molecule has 0 fully saturated rings. The minimum absolute atomic E-state index is 0. The van der Waals surface area contributed by atoms with Gasteiger partial charge in [0.25, 0.3) is 0 Å². The quantitative estimate of drug-likeness (QED) is 0.0329. The number of benzene rings is 4. The normalized spacial score (nSPS) is 12.1. The minimum Gasteiger partial charge on any atom is -0.744 e. The van der Waals surface area contributed by atoms with Crippen molar-refractivity contribution in [2.24, 2.45) is 0 Å². The van der Waals surface area contributed by atoms with Crippen LogP contribution in [0.4, 0.5) is 0 Å². The van der Waals surface area contributed by atoms with Crippen LogP contribution < -0.4 is 93.4 Å². The average Bonchev–Trinajstić information content (AvgIpc) is 2.87. The number of unbranched alkanes of at least 4 members (excludes halogenated alkanes) is 7. The zero-order valence-corrected chi connectivity index (χ0v) is 33.5. The summed E-state index contributed by atoms with van der Waals surface area (Å²) < 4.78 is 114. The SMILES string of the molecule is CCCCCCCCCCC(=O)Oc1cc(S(=O)(=O)[O-])c2ccc3c(S(=O)(=O)[O-])cc(S(=O)(=O)[O-])c4ccc1c2c43.[Na+].[Na+].[Na+]. The molecule has 0 bridgehead atoms. The van der Waals surface area contributed by atoms with Crippen LogP contribution >= 0.6 is 0 Å². The Morgan fingerprint density at radius 2 is 0.955 bits per heavy atom. The summed E-state index contributed by atoms with van der Waals surface area (Å²) in [5.74, 6) is -1.03. The largest absolute Gasteiger partial charge is 1.00 e. The molecule has 11 nitrogen and oxygen atoms in total. The van der Waals surface area contributed by atoms with Gasteiger partial charge < -0.3 is 18.4 Å². The maximum atomic E-state index is 12.7. The van der Waals surface area contributed by atoms with E-state index in [1.54, 1.807) is 0 Å². The summed E-state index contributed by atoms with van der Waals surface area (Å²) in [4.78, 5) is 9.85. The third-order valence-electron chi connectivity index (χ3n) is 7.01. The number of esters is 1. The molecular weight excluding hydrogens is 665 g/mol. The van der Waals surface area contributed by atoms with E-state index < -0.39 is 51.0 Å². The van der Waals surface area contributed by atoms with Gasteiger partial charge in [-0.1, -0.05) is 70.1 Å². The number of ether oxygens (including phenoxy) is 1. The van der Waals surface area contributed by atoms with E-state index in [0.717, 1.165) is 62.8 Å². The van der Waals surface area contributed by atoms with Gasteiger partial charge in [0.05, 0.1) is 14.7 Å². The molecule has 0 spiro atoms. The van der Waals surface area contributed by atoms with Crippen molar-refractivity contribution in [1.29, 1.82) is 0 Å². The van der Waals surface area contributed by atoms with Gasteiger partial charge in [-0.05, 0) is 24.6 Å². The molecule has 0 aliphatic rings. The molecule has 0 unspecified atom stereocenters. The van der Waals surface area contributed by atoms with Crippen LogP contribution in [0, 0.1) is 0 Å². The Morgan fingerprint density at radius 1 is 0.591 bits per heavy atom. The van der Waals surface area contributed by atoms with Crippen LogP contribution in [0.5, 0.6) is 5.75 Å². The first-order valence-electron chi connectivity index (χ1n) is 13.0. The Kier molecular flexibility index (Phi) is 16.3. The van der Waals surface area contributed by atoms with Crippen LogP contribution in [0.25, 0.3) is 32.3 Å².